The van der Waals surface area contributed by atoms with Gasteiger partial charge in [-0.25, -0.2) is 0 Å². The Kier molecular flexibility index (Phi) is 11.8. The van der Waals surface area contributed by atoms with Gasteiger partial charge in [-0.05, 0) is 12.8 Å². The zero-order valence-corrected chi connectivity index (χ0v) is 13.5. The Morgan fingerprint density at radius 2 is 0.700 bits per heavy atom. The summed E-state index contributed by atoms with van der Waals surface area (Å²) in [7, 11) is 0. The summed E-state index contributed by atoms with van der Waals surface area (Å²) in [5, 5.41) is 9.20. The Morgan fingerprint density at radius 3 is 0.950 bits per heavy atom. The lowest BCUT2D eigenvalue weighted by molar-refractivity contribution is 0.463. The summed E-state index contributed by atoms with van der Waals surface area (Å²) < 4.78 is 0. The molecule has 0 bridgehead atoms. The van der Waals surface area contributed by atoms with Crippen LogP contribution in [0.15, 0.2) is 0 Å². The van der Waals surface area contributed by atoms with E-state index in [1.807, 2.05) is 0 Å². The van der Waals surface area contributed by atoms with Crippen LogP contribution < -0.4 is 0 Å². The minimum absolute atomic E-state index is 0.342. The standard InChI is InChI=1S/C19H35N/c20-18-19-16-14-12-10-8-6-4-2-1-3-5-7-9-11-13-15-17-19/h19H,1-17H2. The third kappa shape index (κ3) is 10.3. The van der Waals surface area contributed by atoms with Crippen LogP contribution in [0.1, 0.15) is 109 Å². The third-order valence-corrected chi connectivity index (χ3v) is 4.79. The van der Waals surface area contributed by atoms with E-state index in [1.54, 1.807) is 0 Å². The average molecular weight is 277 g/mol. The van der Waals surface area contributed by atoms with Gasteiger partial charge in [0.1, 0.15) is 0 Å². The van der Waals surface area contributed by atoms with Crippen molar-refractivity contribution >= 4 is 0 Å². The summed E-state index contributed by atoms with van der Waals surface area (Å²) >= 11 is 0. The smallest absolute Gasteiger partial charge is 0.0655 e. The van der Waals surface area contributed by atoms with E-state index in [2.05, 4.69) is 6.07 Å². The lowest BCUT2D eigenvalue weighted by Gasteiger charge is -2.09. The number of nitriles is 1. The molecule has 0 heterocycles. The molecule has 1 heteroatoms. The molecule has 0 unspecified atom stereocenters. The summed E-state index contributed by atoms with van der Waals surface area (Å²) in [5.41, 5.74) is 0. The monoisotopic (exact) mass is 277 g/mol. The topological polar surface area (TPSA) is 23.8 Å². The molecule has 20 heavy (non-hydrogen) atoms. The highest BCUT2D eigenvalue weighted by molar-refractivity contribution is 4.82. The van der Waals surface area contributed by atoms with Gasteiger partial charge in [0.05, 0.1) is 6.07 Å². The van der Waals surface area contributed by atoms with Gasteiger partial charge in [0.2, 0.25) is 0 Å². The lowest BCUT2D eigenvalue weighted by atomic mass is 9.95. The minimum atomic E-state index is 0.342. The maximum atomic E-state index is 9.20. The molecule has 0 aromatic rings. The second-order valence-corrected chi connectivity index (χ2v) is 6.71. The van der Waals surface area contributed by atoms with Crippen LogP contribution in [0.4, 0.5) is 0 Å². The van der Waals surface area contributed by atoms with Crippen LogP contribution in [0.3, 0.4) is 0 Å². The zero-order valence-electron chi connectivity index (χ0n) is 13.5. The highest BCUT2D eigenvalue weighted by Gasteiger charge is 2.06. The molecule has 0 N–H and O–H groups in total. The second-order valence-electron chi connectivity index (χ2n) is 6.71. The molecule has 1 aliphatic rings. The molecule has 1 nitrogen and oxygen atoms in total. The van der Waals surface area contributed by atoms with Crippen molar-refractivity contribution in [2.24, 2.45) is 5.92 Å². The first kappa shape index (κ1) is 17.5. The molecule has 0 spiro atoms. The summed E-state index contributed by atoms with van der Waals surface area (Å²) in [6.07, 6.45) is 23.3. The van der Waals surface area contributed by atoms with Crippen LogP contribution in [-0.2, 0) is 0 Å². The van der Waals surface area contributed by atoms with Crippen molar-refractivity contribution in [2.45, 2.75) is 109 Å². The largest absolute Gasteiger partial charge is 0.198 e. The third-order valence-electron chi connectivity index (χ3n) is 4.79. The highest BCUT2D eigenvalue weighted by atomic mass is 14.3. The molecule has 0 radical (unpaired) electrons. The first-order valence-corrected chi connectivity index (χ1v) is 9.33. The van der Waals surface area contributed by atoms with E-state index in [1.165, 1.54) is 96.3 Å². The zero-order chi connectivity index (χ0) is 14.3. The van der Waals surface area contributed by atoms with Crippen LogP contribution in [0, 0.1) is 17.2 Å². The fraction of sp³-hybridized carbons (Fsp3) is 0.947. The lowest BCUT2D eigenvalue weighted by Crippen LogP contribution is -1.97. The van der Waals surface area contributed by atoms with E-state index in [-0.39, 0.29) is 0 Å². The fourth-order valence-corrected chi connectivity index (χ4v) is 3.35. The van der Waals surface area contributed by atoms with Crippen molar-refractivity contribution < 1.29 is 0 Å². The summed E-state index contributed by atoms with van der Waals surface area (Å²) in [6, 6.07) is 2.52. The molecule has 0 saturated heterocycles. The van der Waals surface area contributed by atoms with Crippen molar-refractivity contribution in [3.63, 3.8) is 0 Å². The average Bonchev–Trinajstić information content (AvgIpc) is 2.47. The van der Waals surface area contributed by atoms with Gasteiger partial charge >= 0.3 is 0 Å². The molecule has 0 atom stereocenters. The Hall–Kier alpha value is -0.510. The van der Waals surface area contributed by atoms with Gasteiger partial charge in [-0.3, -0.25) is 0 Å². The van der Waals surface area contributed by atoms with Gasteiger partial charge in [-0.2, -0.15) is 5.26 Å². The van der Waals surface area contributed by atoms with Gasteiger partial charge in [0.25, 0.3) is 0 Å². The number of nitrogens with zero attached hydrogens (tertiary/aromatic N) is 1. The van der Waals surface area contributed by atoms with Gasteiger partial charge in [0, 0.05) is 5.92 Å². The number of hydrogen-bond acceptors (Lipinski definition) is 1. The Morgan fingerprint density at radius 1 is 0.450 bits per heavy atom. The quantitative estimate of drug-likeness (QED) is 0.479. The maximum absolute atomic E-state index is 9.20. The molecular weight excluding hydrogens is 242 g/mol. The molecule has 1 aliphatic carbocycles. The van der Waals surface area contributed by atoms with Crippen LogP contribution >= 0.6 is 0 Å². The van der Waals surface area contributed by atoms with E-state index >= 15 is 0 Å². The van der Waals surface area contributed by atoms with E-state index in [0.717, 1.165) is 12.8 Å². The predicted octanol–water partition coefficient (Wildman–Crippen LogP) is 6.77. The van der Waals surface area contributed by atoms with Gasteiger partial charge in [-0.15, -0.1) is 0 Å². The van der Waals surface area contributed by atoms with Crippen LogP contribution in [0.25, 0.3) is 0 Å². The Balaban J connectivity index is 2.16. The molecular formula is C19H35N. The van der Waals surface area contributed by atoms with E-state index in [4.69, 9.17) is 0 Å². The van der Waals surface area contributed by atoms with Crippen molar-refractivity contribution in [3.05, 3.63) is 0 Å². The molecule has 1 rings (SSSR count). The summed E-state index contributed by atoms with van der Waals surface area (Å²) in [6.45, 7) is 0. The van der Waals surface area contributed by atoms with Crippen molar-refractivity contribution in [2.75, 3.05) is 0 Å². The molecule has 0 aliphatic heterocycles. The van der Waals surface area contributed by atoms with Crippen LogP contribution in [0.2, 0.25) is 0 Å². The predicted molar refractivity (Wildman–Crippen MR) is 87.6 cm³/mol. The van der Waals surface area contributed by atoms with Crippen molar-refractivity contribution in [3.8, 4) is 6.07 Å². The van der Waals surface area contributed by atoms with Crippen molar-refractivity contribution in [1.29, 1.82) is 5.26 Å². The first-order valence-electron chi connectivity index (χ1n) is 9.33. The first-order chi connectivity index (χ1) is 9.93. The van der Waals surface area contributed by atoms with Gasteiger partial charge < -0.3 is 0 Å². The molecule has 0 aromatic carbocycles. The van der Waals surface area contributed by atoms with Crippen molar-refractivity contribution in [1.82, 2.24) is 0 Å². The van der Waals surface area contributed by atoms with Crippen LogP contribution in [-0.4, -0.2) is 0 Å². The molecule has 0 amide bonds. The fourth-order valence-electron chi connectivity index (χ4n) is 3.35. The minimum Gasteiger partial charge on any atom is -0.198 e. The summed E-state index contributed by atoms with van der Waals surface area (Å²) in [5.74, 6) is 0.342. The van der Waals surface area contributed by atoms with Gasteiger partial charge in [0.15, 0.2) is 0 Å². The molecule has 116 valence electrons. The summed E-state index contributed by atoms with van der Waals surface area (Å²) in [4.78, 5) is 0. The Labute approximate surface area is 127 Å². The molecule has 1 saturated carbocycles. The molecule has 0 aromatic heterocycles. The maximum Gasteiger partial charge on any atom is 0.0655 e. The van der Waals surface area contributed by atoms with E-state index < -0.39 is 0 Å². The number of hydrogen-bond donors (Lipinski definition) is 0. The SMILES string of the molecule is N#CC1CCCCCCCCCCCCCCCCC1. The second kappa shape index (κ2) is 13.5. The van der Waals surface area contributed by atoms with Gasteiger partial charge in [-0.1, -0.05) is 96.3 Å². The number of rotatable bonds is 0. The van der Waals surface area contributed by atoms with Crippen LogP contribution in [0.5, 0.6) is 0 Å². The molecule has 1 fully saturated rings. The van der Waals surface area contributed by atoms with E-state index in [9.17, 15) is 5.26 Å². The highest BCUT2D eigenvalue weighted by Crippen LogP contribution is 2.19. The normalized spacial score (nSPS) is 23.4. The van der Waals surface area contributed by atoms with E-state index in [0.29, 0.717) is 5.92 Å². The Bertz CT molecular complexity index is 223.